The molecule has 1 aromatic carbocycles. The van der Waals surface area contributed by atoms with Gasteiger partial charge >= 0.3 is 0 Å². The van der Waals surface area contributed by atoms with Crippen LogP contribution in [0.1, 0.15) is 31.1 Å². The summed E-state index contributed by atoms with van der Waals surface area (Å²) in [5.74, 6) is -0.916. The van der Waals surface area contributed by atoms with Crippen LogP contribution in [0.3, 0.4) is 0 Å². The Balaban J connectivity index is 2.89. The quantitative estimate of drug-likeness (QED) is 0.694. The van der Waals surface area contributed by atoms with E-state index in [1.807, 2.05) is 20.8 Å². The molecule has 0 aliphatic carbocycles. The van der Waals surface area contributed by atoms with Crippen LogP contribution in [-0.2, 0) is 4.79 Å². The van der Waals surface area contributed by atoms with E-state index in [9.17, 15) is 9.59 Å². The van der Waals surface area contributed by atoms with Gasteiger partial charge in [-0.05, 0) is 23.6 Å². The predicted octanol–water partition coefficient (Wildman–Crippen LogP) is 0.899. The molecule has 0 fully saturated rings. The normalized spacial score (nSPS) is 12.8. The first-order valence-electron chi connectivity index (χ1n) is 5.67. The van der Waals surface area contributed by atoms with Crippen LogP contribution in [0.25, 0.3) is 0 Å². The molecule has 0 aliphatic heterocycles. The average molecular weight is 249 g/mol. The minimum Gasteiger partial charge on any atom is -0.399 e. The van der Waals surface area contributed by atoms with Gasteiger partial charge < -0.3 is 16.8 Å². The Morgan fingerprint density at radius 1 is 1.28 bits per heavy atom. The molecule has 5 nitrogen and oxygen atoms in total. The molecule has 0 aliphatic rings. The van der Waals surface area contributed by atoms with Crippen molar-refractivity contribution in [2.45, 2.75) is 26.8 Å². The van der Waals surface area contributed by atoms with Crippen LogP contribution in [0, 0.1) is 5.41 Å². The van der Waals surface area contributed by atoms with Gasteiger partial charge in [-0.25, -0.2) is 0 Å². The van der Waals surface area contributed by atoms with Crippen LogP contribution in [0.4, 0.5) is 5.69 Å². The molecule has 18 heavy (non-hydrogen) atoms. The molecule has 1 aromatic rings. The highest BCUT2D eigenvalue weighted by Crippen LogP contribution is 2.19. The van der Waals surface area contributed by atoms with Crippen molar-refractivity contribution in [2.75, 3.05) is 5.73 Å². The summed E-state index contributed by atoms with van der Waals surface area (Å²) < 4.78 is 0. The highest BCUT2D eigenvalue weighted by molar-refractivity contribution is 5.98. The molecule has 5 N–H and O–H groups in total. The first-order valence-corrected chi connectivity index (χ1v) is 5.67. The molecule has 0 heterocycles. The van der Waals surface area contributed by atoms with Crippen molar-refractivity contribution >= 4 is 17.5 Å². The second kappa shape index (κ2) is 5.08. The number of amides is 2. The molecule has 0 saturated carbocycles. The fraction of sp³-hybridized carbons (Fsp3) is 0.385. The van der Waals surface area contributed by atoms with Crippen LogP contribution in [0.5, 0.6) is 0 Å². The number of anilines is 1. The van der Waals surface area contributed by atoms with Gasteiger partial charge in [-0.2, -0.15) is 0 Å². The number of carbonyl (C=O) groups excluding carboxylic acids is 2. The molecule has 0 bridgehead atoms. The van der Waals surface area contributed by atoms with Gasteiger partial charge in [-0.3, -0.25) is 9.59 Å². The topological polar surface area (TPSA) is 98.2 Å². The lowest BCUT2D eigenvalue weighted by Crippen LogP contribution is -2.52. The Kier molecular flexibility index (Phi) is 3.96. The number of hydrogen-bond donors (Lipinski definition) is 3. The molecule has 1 atom stereocenters. The van der Waals surface area contributed by atoms with Crippen molar-refractivity contribution in [3.63, 3.8) is 0 Å². The number of hydrogen-bond acceptors (Lipinski definition) is 3. The molecule has 5 heteroatoms. The van der Waals surface area contributed by atoms with E-state index in [1.165, 1.54) is 0 Å². The summed E-state index contributed by atoms with van der Waals surface area (Å²) in [6, 6.07) is 5.82. The van der Waals surface area contributed by atoms with E-state index < -0.39 is 17.4 Å². The zero-order valence-electron chi connectivity index (χ0n) is 10.9. The van der Waals surface area contributed by atoms with Gasteiger partial charge in [-0.15, -0.1) is 0 Å². The lowest BCUT2D eigenvalue weighted by Gasteiger charge is -2.28. The van der Waals surface area contributed by atoms with Crippen molar-refractivity contribution in [3.8, 4) is 0 Å². The first-order chi connectivity index (χ1) is 8.21. The summed E-state index contributed by atoms with van der Waals surface area (Å²) in [5, 5.41) is 2.63. The van der Waals surface area contributed by atoms with E-state index in [1.54, 1.807) is 24.3 Å². The molecule has 0 radical (unpaired) electrons. The summed E-state index contributed by atoms with van der Waals surface area (Å²) in [6.45, 7) is 5.51. The number of rotatable bonds is 3. The summed E-state index contributed by atoms with van der Waals surface area (Å²) in [4.78, 5) is 23.3. The Bertz CT molecular complexity index is 464. The molecule has 1 unspecified atom stereocenters. The summed E-state index contributed by atoms with van der Waals surface area (Å²) in [5.41, 5.74) is 11.4. The van der Waals surface area contributed by atoms with E-state index in [0.717, 1.165) is 0 Å². The SMILES string of the molecule is CC(C)(C)C(NC(=O)c1cccc(N)c1)C(N)=O. The molecule has 0 aromatic heterocycles. The van der Waals surface area contributed by atoms with Gasteiger partial charge in [0.05, 0.1) is 0 Å². The number of nitrogen functional groups attached to an aromatic ring is 1. The summed E-state index contributed by atoms with van der Waals surface area (Å²) in [7, 11) is 0. The number of nitrogens with two attached hydrogens (primary N) is 2. The van der Waals surface area contributed by atoms with Crippen molar-refractivity contribution in [2.24, 2.45) is 11.1 Å². The number of benzene rings is 1. The molecular weight excluding hydrogens is 230 g/mol. The van der Waals surface area contributed by atoms with E-state index >= 15 is 0 Å². The van der Waals surface area contributed by atoms with Gasteiger partial charge in [0.15, 0.2) is 0 Å². The highest BCUT2D eigenvalue weighted by Gasteiger charge is 2.31. The van der Waals surface area contributed by atoms with Gasteiger partial charge in [-0.1, -0.05) is 26.8 Å². The zero-order valence-corrected chi connectivity index (χ0v) is 10.9. The summed E-state index contributed by atoms with van der Waals surface area (Å²) >= 11 is 0. The van der Waals surface area contributed by atoms with E-state index in [-0.39, 0.29) is 5.91 Å². The lowest BCUT2D eigenvalue weighted by atomic mass is 9.86. The second-order valence-electron chi connectivity index (χ2n) is 5.30. The fourth-order valence-electron chi connectivity index (χ4n) is 1.61. The standard InChI is InChI=1S/C13H19N3O2/c1-13(2,3)10(11(15)17)16-12(18)8-5-4-6-9(14)7-8/h4-7,10H,14H2,1-3H3,(H2,15,17)(H,16,18). The van der Waals surface area contributed by atoms with Gasteiger partial charge in [0.2, 0.25) is 5.91 Å². The van der Waals surface area contributed by atoms with Crippen molar-refractivity contribution in [1.29, 1.82) is 0 Å². The molecule has 2 amide bonds. The maximum atomic E-state index is 12.0. The maximum absolute atomic E-state index is 12.0. The molecule has 1 rings (SSSR count). The molecule has 98 valence electrons. The van der Waals surface area contributed by atoms with Crippen molar-refractivity contribution in [1.82, 2.24) is 5.32 Å². The fourth-order valence-corrected chi connectivity index (χ4v) is 1.61. The predicted molar refractivity (Wildman–Crippen MR) is 70.8 cm³/mol. The van der Waals surface area contributed by atoms with Gasteiger partial charge in [0.1, 0.15) is 6.04 Å². The Hall–Kier alpha value is -2.04. The average Bonchev–Trinajstić information content (AvgIpc) is 2.23. The van der Waals surface area contributed by atoms with Gasteiger partial charge in [0.25, 0.3) is 5.91 Å². The van der Waals surface area contributed by atoms with Crippen molar-refractivity contribution in [3.05, 3.63) is 29.8 Å². The highest BCUT2D eigenvalue weighted by atomic mass is 16.2. The minimum absolute atomic E-state index is 0.360. The van der Waals surface area contributed by atoms with Crippen LogP contribution in [0.2, 0.25) is 0 Å². The van der Waals surface area contributed by atoms with Gasteiger partial charge in [0, 0.05) is 11.3 Å². The largest absolute Gasteiger partial charge is 0.399 e. The number of carbonyl (C=O) groups is 2. The number of nitrogens with one attached hydrogen (secondary N) is 1. The van der Waals surface area contributed by atoms with Crippen LogP contribution >= 0.6 is 0 Å². The van der Waals surface area contributed by atoms with Crippen molar-refractivity contribution < 1.29 is 9.59 Å². The monoisotopic (exact) mass is 249 g/mol. The lowest BCUT2D eigenvalue weighted by molar-refractivity contribution is -0.122. The second-order valence-corrected chi connectivity index (χ2v) is 5.30. The zero-order chi connectivity index (χ0) is 13.9. The number of primary amides is 1. The maximum Gasteiger partial charge on any atom is 0.252 e. The Morgan fingerprint density at radius 2 is 1.89 bits per heavy atom. The summed E-state index contributed by atoms with van der Waals surface area (Å²) in [6.07, 6.45) is 0. The molecule has 0 spiro atoms. The smallest absolute Gasteiger partial charge is 0.252 e. The molecule has 0 saturated heterocycles. The first kappa shape index (κ1) is 14.0. The third kappa shape index (κ3) is 3.48. The van der Waals surface area contributed by atoms with Crippen LogP contribution in [-0.4, -0.2) is 17.9 Å². The van der Waals surface area contributed by atoms with Crippen LogP contribution in [0.15, 0.2) is 24.3 Å². The Morgan fingerprint density at radius 3 is 2.33 bits per heavy atom. The minimum atomic E-state index is -0.730. The third-order valence-electron chi connectivity index (χ3n) is 2.57. The third-order valence-corrected chi connectivity index (χ3v) is 2.57. The Labute approximate surface area is 107 Å². The van der Waals surface area contributed by atoms with E-state index in [2.05, 4.69) is 5.32 Å². The van der Waals surface area contributed by atoms with E-state index in [4.69, 9.17) is 11.5 Å². The molecular formula is C13H19N3O2. The van der Waals surface area contributed by atoms with E-state index in [0.29, 0.717) is 11.3 Å². The van der Waals surface area contributed by atoms with Crippen LogP contribution < -0.4 is 16.8 Å².